The van der Waals surface area contributed by atoms with Crippen molar-refractivity contribution in [1.82, 2.24) is 25.6 Å². The molecule has 2 heterocycles. The molecule has 116 valence electrons. The van der Waals surface area contributed by atoms with Crippen LogP contribution in [0.25, 0.3) is 0 Å². The van der Waals surface area contributed by atoms with Gasteiger partial charge in [0.2, 0.25) is 5.91 Å². The highest BCUT2D eigenvalue weighted by Crippen LogP contribution is 2.18. The molecule has 0 radical (unpaired) electrons. The fraction of sp³-hybridized carbons (Fsp3) is 0.636. The Morgan fingerprint density at radius 2 is 2.24 bits per heavy atom. The minimum atomic E-state index is -4.93. The lowest BCUT2D eigenvalue weighted by molar-refractivity contribution is -0.173. The van der Waals surface area contributed by atoms with Crippen molar-refractivity contribution in [2.45, 2.75) is 38.0 Å². The van der Waals surface area contributed by atoms with Crippen LogP contribution in [0.15, 0.2) is 6.20 Å². The van der Waals surface area contributed by atoms with Gasteiger partial charge < -0.3 is 10.6 Å². The van der Waals surface area contributed by atoms with Crippen LogP contribution in [0.3, 0.4) is 0 Å². The number of aromatic nitrogens is 3. The lowest BCUT2D eigenvalue weighted by atomic mass is 10.1. The van der Waals surface area contributed by atoms with Gasteiger partial charge in [-0.2, -0.15) is 13.2 Å². The molecule has 0 saturated carbocycles. The van der Waals surface area contributed by atoms with E-state index in [9.17, 15) is 22.8 Å². The zero-order valence-corrected chi connectivity index (χ0v) is 11.0. The predicted octanol–water partition coefficient (Wildman–Crippen LogP) is 0.298. The smallest absolute Gasteiger partial charge is 0.354 e. The molecule has 0 bridgehead atoms. The maximum Gasteiger partial charge on any atom is 0.471 e. The van der Waals surface area contributed by atoms with E-state index in [0.29, 0.717) is 13.0 Å². The summed E-state index contributed by atoms with van der Waals surface area (Å²) in [6.07, 6.45) is -1.28. The fourth-order valence-corrected chi connectivity index (χ4v) is 1.99. The number of hydrogen-bond donors (Lipinski definition) is 2. The van der Waals surface area contributed by atoms with Gasteiger partial charge in [0, 0.05) is 6.54 Å². The standard InChI is InChI=1S/C11H14F3N5O2/c12-11(13,14)10(21)16-5-7-6-19(18-17-7)8-3-1-2-4-15-9(8)20/h6,8H,1-5H2,(H,15,20)(H,16,21). The van der Waals surface area contributed by atoms with Crippen molar-refractivity contribution in [3.63, 3.8) is 0 Å². The summed E-state index contributed by atoms with van der Waals surface area (Å²) in [5, 5.41) is 11.8. The third kappa shape index (κ3) is 3.92. The number of amides is 2. The van der Waals surface area contributed by atoms with Crippen molar-refractivity contribution in [1.29, 1.82) is 0 Å². The molecule has 7 nitrogen and oxygen atoms in total. The molecule has 1 unspecified atom stereocenters. The molecule has 1 aliphatic rings. The van der Waals surface area contributed by atoms with E-state index in [0.717, 1.165) is 12.8 Å². The Kier molecular flexibility index (Phi) is 4.43. The molecular formula is C11H14F3N5O2. The van der Waals surface area contributed by atoms with Crippen LogP contribution < -0.4 is 10.6 Å². The lowest BCUT2D eigenvalue weighted by Gasteiger charge is -2.12. The molecule has 1 atom stereocenters. The second-order valence-electron chi connectivity index (χ2n) is 4.67. The van der Waals surface area contributed by atoms with E-state index in [1.165, 1.54) is 10.9 Å². The lowest BCUT2D eigenvalue weighted by Crippen LogP contribution is -2.36. The number of rotatable bonds is 3. The molecule has 21 heavy (non-hydrogen) atoms. The summed E-state index contributed by atoms with van der Waals surface area (Å²) in [4.78, 5) is 22.5. The second-order valence-corrected chi connectivity index (χ2v) is 4.67. The molecule has 1 aromatic rings. The number of carbonyl (C=O) groups is 2. The first kappa shape index (κ1) is 15.3. The van der Waals surface area contributed by atoms with Crippen molar-refractivity contribution in [2.24, 2.45) is 0 Å². The number of hydrogen-bond acceptors (Lipinski definition) is 4. The summed E-state index contributed by atoms with van der Waals surface area (Å²) in [5.74, 6) is -2.23. The van der Waals surface area contributed by atoms with E-state index in [4.69, 9.17) is 0 Å². The van der Waals surface area contributed by atoms with Crippen molar-refractivity contribution < 1.29 is 22.8 Å². The Hall–Kier alpha value is -2.13. The summed E-state index contributed by atoms with van der Waals surface area (Å²) < 4.78 is 37.4. The van der Waals surface area contributed by atoms with Crippen LogP contribution in [0.5, 0.6) is 0 Å². The number of carbonyl (C=O) groups excluding carboxylic acids is 2. The van der Waals surface area contributed by atoms with E-state index < -0.39 is 24.7 Å². The van der Waals surface area contributed by atoms with Crippen LogP contribution in [-0.4, -0.2) is 39.5 Å². The summed E-state index contributed by atoms with van der Waals surface area (Å²) in [7, 11) is 0. The molecule has 1 saturated heterocycles. The summed E-state index contributed by atoms with van der Waals surface area (Å²) in [5.41, 5.74) is 0.157. The van der Waals surface area contributed by atoms with E-state index in [2.05, 4.69) is 15.6 Å². The Bertz CT molecular complexity index is 528. The van der Waals surface area contributed by atoms with Gasteiger partial charge in [-0.3, -0.25) is 9.59 Å². The van der Waals surface area contributed by atoms with Crippen molar-refractivity contribution in [2.75, 3.05) is 6.54 Å². The minimum absolute atomic E-state index is 0.157. The molecule has 2 N–H and O–H groups in total. The van der Waals surface area contributed by atoms with Gasteiger partial charge in [-0.05, 0) is 19.3 Å². The molecule has 0 aromatic carbocycles. The number of halogens is 3. The monoisotopic (exact) mass is 305 g/mol. The van der Waals surface area contributed by atoms with Crippen LogP contribution in [0, 0.1) is 0 Å². The van der Waals surface area contributed by atoms with Crippen molar-refractivity contribution >= 4 is 11.8 Å². The molecule has 2 rings (SSSR count). The van der Waals surface area contributed by atoms with E-state index in [-0.39, 0.29) is 11.6 Å². The van der Waals surface area contributed by atoms with Crippen LogP contribution in [0.2, 0.25) is 0 Å². The van der Waals surface area contributed by atoms with Gasteiger partial charge >= 0.3 is 12.1 Å². The number of nitrogens with zero attached hydrogens (tertiary/aromatic N) is 3. The van der Waals surface area contributed by atoms with Gasteiger partial charge in [0.1, 0.15) is 11.7 Å². The molecule has 1 aromatic heterocycles. The van der Waals surface area contributed by atoms with E-state index in [1.807, 2.05) is 0 Å². The number of alkyl halides is 3. The van der Waals surface area contributed by atoms with Gasteiger partial charge in [-0.1, -0.05) is 5.21 Å². The largest absolute Gasteiger partial charge is 0.471 e. The fourth-order valence-electron chi connectivity index (χ4n) is 1.99. The normalized spacial score (nSPS) is 19.8. The molecule has 10 heteroatoms. The summed E-state index contributed by atoms with van der Waals surface area (Å²) in [6, 6.07) is -0.521. The summed E-state index contributed by atoms with van der Waals surface area (Å²) >= 11 is 0. The van der Waals surface area contributed by atoms with E-state index in [1.54, 1.807) is 5.32 Å². The van der Waals surface area contributed by atoms with Gasteiger partial charge in [0.25, 0.3) is 0 Å². The van der Waals surface area contributed by atoms with Gasteiger partial charge in [-0.15, -0.1) is 5.10 Å². The molecule has 0 aliphatic carbocycles. The number of nitrogens with one attached hydrogen (secondary N) is 2. The minimum Gasteiger partial charge on any atom is -0.354 e. The Labute approximate surface area is 117 Å². The van der Waals surface area contributed by atoms with E-state index >= 15 is 0 Å². The van der Waals surface area contributed by atoms with Crippen LogP contribution in [0.4, 0.5) is 13.2 Å². The zero-order chi connectivity index (χ0) is 15.5. The van der Waals surface area contributed by atoms with Crippen molar-refractivity contribution in [3.8, 4) is 0 Å². The Morgan fingerprint density at radius 1 is 1.48 bits per heavy atom. The first-order valence-corrected chi connectivity index (χ1v) is 6.41. The molecule has 2 amide bonds. The Balaban J connectivity index is 1.98. The molecule has 1 fully saturated rings. The van der Waals surface area contributed by atoms with Crippen molar-refractivity contribution in [3.05, 3.63) is 11.9 Å². The first-order chi connectivity index (χ1) is 9.88. The van der Waals surface area contributed by atoms with Crippen LogP contribution in [0.1, 0.15) is 31.0 Å². The van der Waals surface area contributed by atoms with Crippen LogP contribution >= 0.6 is 0 Å². The highest BCUT2D eigenvalue weighted by Gasteiger charge is 2.38. The summed E-state index contributed by atoms with van der Waals surface area (Å²) in [6.45, 7) is 0.200. The first-order valence-electron chi connectivity index (χ1n) is 6.41. The Morgan fingerprint density at radius 3 is 2.95 bits per heavy atom. The SMILES string of the molecule is O=C1NCCCCC1n1cc(CNC(=O)C(F)(F)F)nn1. The third-order valence-electron chi connectivity index (χ3n) is 3.07. The quantitative estimate of drug-likeness (QED) is 0.840. The molecular weight excluding hydrogens is 291 g/mol. The molecule has 0 spiro atoms. The second kappa shape index (κ2) is 6.10. The zero-order valence-electron chi connectivity index (χ0n) is 11.0. The predicted molar refractivity (Wildman–Crippen MR) is 63.8 cm³/mol. The topological polar surface area (TPSA) is 88.9 Å². The van der Waals surface area contributed by atoms with Gasteiger partial charge in [-0.25, -0.2) is 4.68 Å². The molecule has 1 aliphatic heterocycles. The average Bonchev–Trinajstić information content (AvgIpc) is 2.77. The van der Waals surface area contributed by atoms with Gasteiger partial charge in [0.05, 0.1) is 12.7 Å². The highest BCUT2D eigenvalue weighted by atomic mass is 19.4. The maximum atomic E-state index is 12.0. The van der Waals surface area contributed by atoms with Gasteiger partial charge in [0.15, 0.2) is 0 Å². The maximum absolute atomic E-state index is 12.0. The third-order valence-corrected chi connectivity index (χ3v) is 3.07. The van der Waals surface area contributed by atoms with Crippen LogP contribution in [-0.2, 0) is 16.1 Å². The highest BCUT2D eigenvalue weighted by molar-refractivity contribution is 5.81. The average molecular weight is 305 g/mol.